The zero-order chi connectivity index (χ0) is 15.2. The SMILES string of the molecule is C#CCN(C)c1cc(CNCC(C)C)nc2ccccc12. The predicted molar refractivity (Wildman–Crippen MR) is 90.4 cm³/mol. The van der Waals surface area contributed by atoms with Crippen LogP contribution in [0.15, 0.2) is 30.3 Å². The molecule has 3 heteroatoms. The maximum Gasteiger partial charge on any atom is 0.0788 e. The van der Waals surface area contributed by atoms with Crippen molar-refractivity contribution >= 4 is 16.6 Å². The van der Waals surface area contributed by atoms with E-state index in [1.54, 1.807) is 0 Å². The second kappa shape index (κ2) is 7.10. The Morgan fingerprint density at radius 2 is 2.10 bits per heavy atom. The third kappa shape index (κ3) is 3.96. The number of benzene rings is 1. The van der Waals surface area contributed by atoms with Crippen LogP contribution in [0.4, 0.5) is 5.69 Å². The van der Waals surface area contributed by atoms with Crippen LogP contribution in [0.3, 0.4) is 0 Å². The van der Waals surface area contributed by atoms with Crippen LogP contribution < -0.4 is 10.2 Å². The van der Waals surface area contributed by atoms with E-state index in [1.165, 1.54) is 0 Å². The first-order chi connectivity index (χ1) is 10.1. The molecule has 0 unspecified atom stereocenters. The van der Waals surface area contributed by atoms with Crippen molar-refractivity contribution in [3.8, 4) is 12.3 Å². The fourth-order valence-electron chi connectivity index (χ4n) is 2.33. The van der Waals surface area contributed by atoms with Gasteiger partial charge in [-0.1, -0.05) is 38.0 Å². The van der Waals surface area contributed by atoms with E-state index in [2.05, 4.69) is 48.2 Å². The largest absolute Gasteiger partial charge is 0.363 e. The summed E-state index contributed by atoms with van der Waals surface area (Å²) in [7, 11) is 2.02. The van der Waals surface area contributed by atoms with Gasteiger partial charge in [-0.2, -0.15) is 0 Å². The molecule has 2 aromatic rings. The van der Waals surface area contributed by atoms with Crippen molar-refractivity contribution in [3.05, 3.63) is 36.0 Å². The molecule has 21 heavy (non-hydrogen) atoms. The van der Waals surface area contributed by atoms with E-state index in [-0.39, 0.29) is 0 Å². The summed E-state index contributed by atoms with van der Waals surface area (Å²) in [5.41, 5.74) is 3.20. The quantitative estimate of drug-likeness (QED) is 0.825. The molecule has 0 aliphatic carbocycles. The van der Waals surface area contributed by atoms with Gasteiger partial charge in [0.1, 0.15) is 0 Å². The van der Waals surface area contributed by atoms with Crippen molar-refractivity contribution in [2.45, 2.75) is 20.4 Å². The monoisotopic (exact) mass is 281 g/mol. The minimum Gasteiger partial charge on any atom is -0.363 e. The lowest BCUT2D eigenvalue weighted by Gasteiger charge is -2.19. The van der Waals surface area contributed by atoms with E-state index in [1.807, 2.05) is 19.2 Å². The molecule has 2 rings (SSSR count). The van der Waals surface area contributed by atoms with Gasteiger partial charge in [0.05, 0.1) is 17.8 Å². The number of nitrogens with zero attached hydrogens (tertiary/aromatic N) is 2. The maximum atomic E-state index is 5.44. The van der Waals surface area contributed by atoms with Crippen molar-refractivity contribution in [2.75, 3.05) is 25.0 Å². The first-order valence-electron chi connectivity index (χ1n) is 7.35. The molecule has 0 radical (unpaired) electrons. The average molecular weight is 281 g/mol. The normalized spacial score (nSPS) is 10.8. The average Bonchev–Trinajstić information content (AvgIpc) is 2.46. The number of hydrogen-bond acceptors (Lipinski definition) is 3. The number of aromatic nitrogens is 1. The summed E-state index contributed by atoms with van der Waals surface area (Å²) in [6.45, 7) is 6.76. The molecule has 0 saturated heterocycles. The summed E-state index contributed by atoms with van der Waals surface area (Å²) in [4.78, 5) is 6.83. The minimum absolute atomic E-state index is 0.590. The molecule has 0 amide bonds. The Labute approximate surface area is 127 Å². The number of rotatable bonds is 6. The van der Waals surface area contributed by atoms with E-state index in [9.17, 15) is 0 Å². The van der Waals surface area contributed by atoms with Crippen LogP contribution in [0.2, 0.25) is 0 Å². The fraction of sp³-hybridized carbons (Fsp3) is 0.389. The highest BCUT2D eigenvalue weighted by molar-refractivity contribution is 5.91. The Morgan fingerprint density at radius 3 is 2.81 bits per heavy atom. The van der Waals surface area contributed by atoms with Gasteiger partial charge < -0.3 is 10.2 Å². The maximum absolute atomic E-state index is 5.44. The lowest BCUT2D eigenvalue weighted by atomic mass is 10.1. The molecular weight excluding hydrogens is 258 g/mol. The van der Waals surface area contributed by atoms with Crippen LogP contribution in [-0.2, 0) is 6.54 Å². The van der Waals surface area contributed by atoms with Gasteiger partial charge in [0.15, 0.2) is 0 Å². The smallest absolute Gasteiger partial charge is 0.0788 e. The van der Waals surface area contributed by atoms with Gasteiger partial charge >= 0.3 is 0 Å². The van der Waals surface area contributed by atoms with Crippen molar-refractivity contribution in [1.82, 2.24) is 10.3 Å². The zero-order valence-corrected chi connectivity index (χ0v) is 13.1. The molecular formula is C18H23N3. The molecule has 1 aromatic carbocycles. The van der Waals surface area contributed by atoms with Crippen molar-refractivity contribution in [1.29, 1.82) is 0 Å². The highest BCUT2D eigenvalue weighted by atomic mass is 15.1. The van der Waals surface area contributed by atoms with Crippen LogP contribution in [0.5, 0.6) is 0 Å². The van der Waals surface area contributed by atoms with E-state index in [0.717, 1.165) is 35.4 Å². The number of anilines is 1. The van der Waals surface area contributed by atoms with Gasteiger partial charge in [-0.05, 0) is 24.6 Å². The molecule has 0 saturated carbocycles. The van der Waals surface area contributed by atoms with Crippen LogP contribution in [0.25, 0.3) is 10.9 Å². The van der Waals surface area contributed by atoms with E-state index < -0.39 is 0 Å². The zero-order valence-electron chi connectivity index (χ0n) is 13.1. The fourth-order valence-corrected chi connectivity index (χ4v) is 2.33. The van der Waals surface area contributed by atoms with Crippen molar-refractivity contribution in [3.63, 3.8) is 0 Å². The van der Waals surface area contributed by atoms with Crippen LogP contribution in [-0.4, -0.2) is 25.1 Å². The molecule has 0 spiro atoms. The molecule has 3 nitrogen and oxygen atoms in total. The lowest BCUT2D eigenvalue weighted by molar-refractivity contribution is 0.549. The van der Waals surface area contributed by atoms with Gasteiger partial charge in [-0.3, -0.25) is 4.98 Å². The molecule has 0 fully saturated rings. The highest BCUT2D eigenvalue weighted by Gasteiger charge is 2.09. The number of nitrogens with one attached hydrogen (secondary N) is 1. The van der Waals surface area contributed by atoms with Crippen molar-refractivity contribution in [2.24, 2.45) is 5.92 Å². The number of pyridine rings is 1. The predicted octanol–water partition coefficient (Wildman–Crippen LogP) is 3.05. The second-order valence-electron chi connectivity index (χ2n) is 5.73. The van der Waals surface area contributed by atoms with E-state index in [4.69, 9.17) is 11.4 Å². The third-order valence-electron chi connectivity index (χ3n) is 3.35. The van der Waals surface area contributed by atoms with E-state index in [0.29, 0.717) is 12.5 Å². The Hall–Kier alpha value is -2.05. The Bertz CT molecular complexity index is 640. The molecule has 1 N–H and O–H groups in total. The molecule has 0 atom stereocenters. The molecule has 0 bridgehead atoms. The summed E-state index contributed by atoms with van der Waals surface area (Å²) < 4.78 is 0. The summed E-state index contributed by atoms with van der Waals surface area (Å²) in [5.74, 6) is 3.33. The number of fused-ring (bicyclic) bond motifs is 1. The van der Waals surface area contributed by atoms with Crippen LogP contribution in [0, 0.1) is 18.3 Å². The van der Waals surface area contributed by atoms with E-state index >= 15 is 0 Å². The topological polar surface area (TPSA) is 28.2 Å². The first-order valence-corrected chi connectivity index (χ1v) is 7.35. The second-order valence-corrected chi connectivity index (χ2v) is 5.73. The Morgan fingerprint density at radius 1 is 1.33 bits per heavy atom. The van der Waals surface area contributed by atoms with Gasteiger partial charge in [0, 0.05) is 24.7 Å². The lowest BCUT2D eigenvalue weighted by Crippen LogP contribution is -2.21. The first kappa shape index (κ1) is 15.3. The van der Waals surface area contributed by atoms with Gasteiger partial charge in [0.2, 0.25) is 0 Å². The van der Waals surface area contributed by atoms with Gasteiger partial charge in [-0.25, -0.2) is 0 Å². The van der Waals surface area contributed by atoms with Crippen LogP contribution >= 0.6 is 0 Å². The number of para-hydroxylation sites is 1. The number of hydrogen-bond donors (Lipinski definition) is 1. The minimum atomic E-state index is 0.590. The van der Waals surface area contributed by atoms with Gasteiger partial charge in [0.25, 0.3) is 0 Å². The Balaban J connectivity index is 2.33. The third-order valence-corrected chi connectivity index (χ3v) is 3.35. The van der Waals surface area contributed by atoms with Crippen LogP contribution in [0.1, 0.15) is 19.5 Å². The molecule has 0 aliphatic rings. The molecule has 0 aliphatic heterocycles. The molecule has 110 valence electrons. The number of terminal acetylenes is 1. The summed E-state index contributed by atoms with van der Waals surface area (Å²) in [6.07, 6.45) is 5.44. The summed E-state index contributed by atoms with van der Waals surface area (Å²) in [6, 6.07) is 10.3. The molecule has 1 heterocycles. The highest BCUT2D eigenvalue weighted by Crippen LogP contribution is 2.25. The Kier molecular flexibility index (Phi) is 5.19. The molecule has 1 aromatic heterocycles. The summed E-state index contributed by atoms with van der Waals surface area (Å²) >= 11 is 0. The summed E-state index contributed by atoms with van der Waals surface area (Å²) in [5, 5.41) is 4.58. The standard InChI is InChI=1S/C18H23N3/c1-5-10-21(4)18-11-15(13-19-12-14(2)3)20-17-9-7-6-8-16(17)18/h1,6-9,11,14,19H,10,12-13H2,2-4H3. The van der Waals surface area contributed by atoms with Crippen molar-refractivity contribution < 1.29 is 0 Å². The van der Waals surface area contributed by atoms with Gasteiger partial charge in [-0.15, -0.1) is 6.42 Å².